The molecule has 0 aromatic heterocycles. The van der Waals surface area contributed by atoms with Crippen molar-refractivity contribution >= 4 is 12.0 Å². The summed E-state index contributed by atoms with van der Waals surface area (Å²) in [4.78, 5) is 27.2. The fourth-order valence-corrected chi connectivity index (χ4v) is 2.95. The molecule has 0 heterocycles. The predicted octanol–water partition coefficient (Wildman–Crippen LogP) is 2.73. The van der Waals surface area contributed by atoms with Crippen molar-refractivity contribution in [3.05, 3.63) is 0 Å². The van der Waals surface area contributed by atoms with Gasteiger partial charge in [-0.05, 0) is 59.8 Å². The molecule has 0 aromatic carbocycles. The van der Waals surface area contributed by atoms with Crippen LogP contribution in [0, 0.1) is 11.3 Å². The highest BCUT2D eigenvalue weighted by atomic mass is 16.6. The van der Waals surface area contributed by atoms with E-state index in [0.717, 1.165) is 19.3 Å². The summed E-state index contributed by atoms with van der Waals surface area (Å²) >= 11 is 0. The molecule has 0 aliphatic heterocycles. The van der Waals surface area contributed by atoms with Gasteiger partial charge in [0, 0.05) is 12.1 Å². The van der Waals surface area contributed by atoms with Crippen LogP contribution in [0.2, 0.25) is 0 Å². The van der Waals surface area contributed by atoms with Gasteiger partial charge < -0.3 is 10.1 Å². The van der Waals surface area contributed by atoms with Gasteiger partial charge >= 0.3 is 6.09 Å². The maximum absolute atomic E-state index is 12.8. The van der Waals surface area contributed by atoms with E-state index in [0.29, 0.717) is 12.8 Å². The molecule has 23 heavy (non-hydrogen) atoms. The summed E-state index contributed by atoms with van der Waals surface area (Å²) in [6.45, 7) is 7.30. The Kier molecular flexibility index (Phi) is 4.88. The van der Waals surface area contributed by atoms with E-state index in [9.17, 15) is 9.59 Å². The van der Waals surface area contributed by atoms with Gasteiger partial charge in [-0.1, -0.05) is 0 Å². The zero-order valence-electron chi connectivity index (χ0n) is 14.5. The fourth-order valence-electron chi connectivity index (χ4n) is 2.95. The highest BCUT2D eigenvalue weighted by Gasteiger charge is 2.56. The van der Waals surface area contributed by atoms with Crippen LogP contribution in [0.1, 0.15) is 66.2 Å². The number of ether oxygens (including phenoxy) is 1. The zero-order chi connectivity index (χ0) is 17.3. The molecule has 0 spiro atoms. The van der Waals surface area contributed by atoms with Gasteiger partial charge in [0.05, 0.1) is 12.5 Å². The van der Waals surface area contributed by atoms with Gasteiger partial charge in [-0.25, -0.2) is 4.79 Å². The van der Waals surface area contributed by atoms with Crippen LogP contribution in [0.5, 0.6) is 0 Å². The molecule has 2 amide bonds. The second-order valence-electron chi connectivity index (χ2n) is 7.70. The summed E-state index contributed by atoms with van der Waals surface area (Å²) in [7, 11) is 0. The number of nitriles is 1. The van der Waals surface area contributed by atoms with Crippen LogP contribution < -0.4 is 5.32 Å². The highest BCUT2D eigenvalue weighted by Crippen LogP contribution is 2.45. The Morgan fingerprint density at radius 3 is 2.39 bits per heavy atom. The third kappa shape index (κ3) is 3.95. The molecule has 0 aromatic rings. The van der Waals surface area contributed by atoms with Gasteiger partial charge in [-0.2, -0.15) is 5.26 Å². The molecule has 2 saturated carbocycles. The number of hydrogen-bond acceptors (Lipinski definition) is 4. The number of rotatable bonds is 5. The smallest absolute Gasteiger partial charge is 0.411 e. The van der Waals surface area contributed by atoms with E-state index in [1.54, 1.807) is 4.90 Å². The first-order valence-corrected chi connectivity index (χ1v) is 8.40. The predicted molar refractivity (Wildman–Crippen MR) is 85.5 cm³/mol. The lowest BCUT2D eigenvalue weighted by Crippen LogP contribution is -2.66. The first-order valence-electron chi connectivity index (χ1n) is 8.40. The second kappa shape index (κ2) is 6.38. The van der Waals surface area contributed by atoms with Crippen molar-refractivity contribution in [2.75, 3.05) is 0 Å². The van der Waals surface area contributed by atoms with Crippen LogP contribution in [-0.2, 0) is 9.53 Å². The van der Waals surface area contributed by atoms with Gasteiger partial charge in [0.25, 0.3) is 0 Å². The van der Waals surface area contributed by atoms with Crippen LogP contribution in [0.25, 0.3) is 0 Å². The van der Waals surface area contributed by atoms with E-state index in [2.05, 4.69) is 11.4 Å². The van der Waals surface area contributed by atoms with Crippen LogP contribution in [-0.4, -0.2) is 40.1 Å². The Morgan fingerprint density at radius 1 is 1.39 bits per heavy atom. The molecule has 2 aliphatic rings. The molecule has 2 aliphatic carbocycles. The lowest BCUT2D eigenvalue weighted by molar-refractivity contribution is -0.140. The monoisotopic (exact) mass is 321 g/mol. The van der Waals surface area contributed by atoms with Crippen molar-refractivity contribution in [1.82, 2.24) is 10.2 Å². The largest absolute Gasteiger partial charge is 0.444 e. The molecule has 1 N–H and O–H groups in total. The Bertz CT molecular complexity index is 510. The second-order valence-corrected chi connectivity index (χ2v) is 7.70. The quantitative estimate of drug-likeness (QED) is 0.844. The number of carbonyl (C=O) groups is 2. The lowest BCUT2D eigenvalue weighted by atomic mass is 9.74. The summed E-state index contributed by atoms with van der Waals surface area (Å²) in [5.41, 5.74) is -1.38. The van der Waals surface area contributed by atoms with Crippen molar-refractivity contribution in [3.8, 4) is 6.07 Å². The van der Waals surface area contributed by atoms with Crippen molar-refractivity contribution in [1.29, 1.82) is 5.26 Å². The maximum atomic E-state index is 12.8. The van der Waals surface area contributed by atoms with Gasteiger partial charge in [0.2, 0.25) is 5.91 Å². The standard InChI is InChI=1S/C17H27N3O3/c1-12(8-11-18)19-14(21)17(9-5-10-17)20(13-6-7-13)15(22)23-16(2,3)4/h12-13H,5-10H2,1-4H3,(H,19,21)/t12-/m1/s1. The number of carbonyl (C=O) groups excluding carboxylic acids is 2. The Labute approximate surface area is 138 Å². The van der Waals surface area contributed by atoms with Gasteiger partial charge in [0.1, 0.15) is 11.1 Å². The normalized spacial score (nSPS) is 20.7. The summed E-state index contributed by atoms with van der Waals surface area (Å²) in [6, 6.07) is 1.94. The highest BCUT2D eigenvalue weighted by molar-refractivity contribution is 5.91. The van der Waals surface area contributed by atoms with E-state index in [4.69, 9.17) is 10.00 Å². The summed E-state index contributed by atoms with van der Waals surface area (Å²) in [5, 5.41) is 11.7. The van der Waals surface area contributed by atoms with Gasteiger partial charge in [-0.15, -0.1) is 0 Å². The minimum absolute atomic E-state index is 0.0992. The first kappa shape index (κ1) is 17.6. The van der Waals surface area contributed by atoms with E-state index >= 15 is 0 Å². The minimum atomic E-state index is -0.798. The van der Waals surface area contributed by atoms with Crippen molar-refractivity contribution < 1.29 is 14.3 Å². The molecule has 6 nitrogen and oxygen atoms in total. The van der Waals surface area contributed by atoms with Crippen molar-refractivity contribution in [2.24, 2.45) is 0 Å². The zero-order valence-corrected chi connectivity index (χ0v) is 14.5. The number of nitrogens with one attached hydrogen (secondary N) is 1. The maximum Gasteiger partial charge on any atom is 0.411 e. The topological polar surface area (TPSA) is 82.4 Å². The summed E-state index contributed by atoms with van der Waals surface area (Å²) in [6.07, 6.45) is 3.94. The molecule has 6 heteroatoms. The van der Waals surface area contributed by atoms with Crippen molar-refractivity contribution in [2.45, 2.75) is 89.4 Å². The van der Waals surface area contributed by atoms with E-state index in [-0.39, 0.29) is 24.4 Å². The Morgan fingerprint density at radius 2 is 2.00 bits per heavy atom. The fraction of sp³-hybridized carbons (Fsp3) is 0.824. The molecule has 0 saturated heterocycles. The van der Waals surface area contributed by atoms with Crippen molar-refractivity contribution in [3.63, 3.8) is 0 Å². The van der Waals surface area contributed by atoms with E-state index in [1.165, 1.54) is 0 Å². The lowest BCUT2D eigenvalue weighted by Gasteiger charge is -2.49. The summed E-state index contributed by atoms with van der Waals surface area (Å²) in [5.74, 6) is -0.149. The minimum Gasteiger partial charge on any atom is -0.444 e. The molecule has 0 radical (unpaired) electrons. The molecule has 0 unspecified atom stereocenters. The van der Waals surface area contributed by atoms with Crippen LogP contribution in [0.4, 0.5) is 4.79 Å². The van der Waals surface area contributed by atoms with E-state index in [1.807, 2.05) is 27.7 Å². The van der Waals surface area contributed by atoms with Gasteiger partial charge in [-0.3, -0.25) is 9.69 Å². The molecular weight excluding hydrogens is 294 g/mol. The molecule has 1 atom stereocenters. The molecule has 128 valence electrons. The van der Waals surface area contributed by atoms with E-state index < -0.39 is 17.2 Å². The third-order valence-electron chi connectivity index (χ3n) is 4.34. The summed E-state index contributed by atoms with van der Waals surface area (Å²) < 4.78 is 5.54. The van der Waals surface area contributed by atoms with Crippen LogP contribution in [0.15, 0.2) is 0 Å². The Balaban J connectivity index is 2.16. The van der Waals surface area contributed by atoms with Gasteiger partial charge in [0.15, 0.2) is 0 Å². The molecule has 0 bridgehead atoms. The number of hydrogen-bond donors (Lipinski definition) is 1. The SMILES string of the molecule is C[C@H](CC#N)NC(=O)C1(N(C(=O)OC(C)(C)C)C2CC2)CCC1. The molecular formula is C17H27N3O3. The van der Waals surface area contributed by atoms with Crippen LogP contribution >= 0.6 is 0 Å². The number of amides is 2. The number of nitrogens with zero attached hydrogens (tertiary/aromatic N) is 2. The molecule has 2 fully saturated rings. The van der Waals surface area contributed by atoms with Crippen LogP contribution in [0.3, 0.4) is 0 Å². The Hall–Kier alpha value is -1.77. The third-order valence-corrected chi connectivity index (χ3v) is 4.34. The first-order chi connectivity index (χ1) is 10.7. The average Bonchev–Trinajstić information content (AvgIpc) is 3.14. The average molecular weight is 321 g/mol. The molecule has 2 rings (SSSR count).